The molecule has 17 heavy (non-hydrogen) atoms. The maximum absolute atomic E-state index is 12.7. The van der Waals surface area contributed by atoms with Crippen molar-refractivity contribution in [1.29, 1.82) is 0 Å². The Morgan fingerprint density at radius 2 is 1.82 bits per heavy atom. The van der Waals surface area contributed by atoms with Gasteiger partial charge in [0.1, 0.15) is 5.82 Å². The van der Waals surface area contributed by atoms with Gasteiger partial charge in [-0.2, -0.15) is 0 Å². The number of benzene rings is 1. The highest BCUT2D eigenvalue weighted by atomic mass is 19.1. The van der Waals surface area contributed by atoms with Crippen molar-refractivity contribution >= 4 is 0 Å². The van der Waals surface area contributed by atoms with Gasteiger partial charge < -0.3 is 10.4 Å². The van der Waals surface area contributed by atoms with Crippen LogP contribution in [0.15, 0.2) is 24.3 Å². The fourth-order valence-corrected chi connectivity index (χ4v) is 1.81. The highest BCUT2D eigenvalue weighted by Crippen LogP contribution is 2.22. The minimum atomic E-state index is -0.212. The summed E-state index contributed by atoms with van der Waals surface area (Å²) in [6, 6.07) is 6.74. The van der Waals surface area contributed by atoms with E-state index in [0.717, 1.165) is 12.0 Å². The smallest absolute Gasteiger partial charge is 0.123 e. The number of aliphatic hydroxyl groups is 1. The molecule has 1 aromatic carbocycles. The van der Waals surface area contributed by atoms with Crippen LogP contribution in [-0.2, 0) is 6.54 Å². The van der Waals surface area contributed by atoms with E-state index in [1.165, 1.54) is 12.1 Å². The molecule has 0 saturated carbocycles. The molecule has 0 saturated heterocycles. The molecule has 96 valence electrons. The predicted molar refractivity (Wildman–Crippen MR) is 68.2 cm³/mol. The molecule has 0 amide bonds. The van der Waals surface area contributed by atoms with Crippen LogP contribution in [0.25, 0.3) is 0 Å². The first-order chi connectivity index (χ1) is 7.93. The lowest BCUT2D eigenvalue weighted by Crippen LogP contribution is -2.40. The lowest BCUT2D eigenvalue weighted by atomic mass is 9.85. The third-order valence-corrected chi connectivity index (χ3v) is 2.93. The van der Waals surface area contributed by atoms with E-state index in [-0.39, 0.29) is 23.9 Å². The van der Waals surface area contributed by atoms with Crippen molar-refractivity contribution in [2.24, 2.45) is 5.41 Å². The number of hydrogen-bond donors (Lipinski definition) is 2. The highest BCUT2D eigenvalue weighted by Gasteiger charge is 2.23. The third kappa shape index (κ3) is 4.84. The van der Waals surface area contributed by atoms with Gasteiger partial charge in [-0.15, -0.1) is 0 Å². The molecule has 2 nitrogen and oxygen atoms in total. The molecule has 1 rings (SSSR count). The minimum Gasteiger partial charge on any atom is -0.396 e. The highest BCUT2D eigenvalue weighted by molar-refractivity contribution is 5.15. The van der Waals surface area contributed by atoms with Crippen molar-refractivity contribution in [3.63, 3.8) is 0 Å². The van der Waals surface area contributed by atoms with Gasteiger partial charge in [0, 0.05) is 19.2 Å². The van der Waals surface area contributed by atoms with Crippen molar-refractivity contribution in [2.45, 2.75) is 39.8 Å². The molecule has 0 aliphatic carbocycles. The summed E-state index contributed by atoms with van der Waals surface area (Å²) in [4.78, 5) is 0. The molecule has 0 bridgehead atoms. The zero-order chi connectivity index (χ0) is 12.9. The lowest BCUT2D eigenvalue weighted by molar-refractivity contribution is 0.196. The summed E-state index contributed by atoms with van der Waals surface area (Å²) in [5.41, 5.74) is 1.15. The summed E-state index contributed by atoms with van der Waals surface area (Å²) < 4.78 is 12.7. The molecular weight excluding hydrogens is 217 g/mol. The van der Waals surface area contributed by atoms with Crippen LogP contribution in [0.2, 0.25) is 0 Å². The molecular formula is C14H22FNO. The molecule has 1 aromatic rings. The molecule has 1 unspecified atom stereocenters. The maximum atomic E-state index is 12.7. The Balaban J connectivity index is 2.54. The van der Waals surface area contributed by atoms with Crippen LogP contribution < -0.4 is 5.32 Å². The van der Waals surface area contributed by atoms with Gasteiger partial charge in [-0.25, -0.2) is 4.39 Å². The number of halogens is 1. The zero-order valence-corrected chi connectivity index (χ0v) is 10.8. The second-order valence-corrected chi connectivity index (χ2v) is 5.44. The van der Waals surface area contributed by atoms with Gasteiger partial charge in [-0.1, -0.05) is 32.9 Å². The van der Waals surface area contributed by atoms with Crippen molar-refractivity contribution in [1.82, 2.24) is 5.32 Å². The van der Waals surface area contributed by atoms with Crippen LogP contribution in [0.3, 0.4) is 0 Å². The Morgan fingerprint density at radius 1 is 1.24 bits per heavy atom. The fraction of sp³-hybridized carbons (Fsp3) is 0.571. The van der Waals surface area contributed by atoms with Crippen molar-refractivity contribution in [2.75, 3.05) is 6.61 Å². The van der Waals surface area contributed by atoms with Gasteiger partial charge >= 0.3 is 0 Å². The first kappa shape index (κ1) is 14.1. The Kier molecular flexibility index (Phi) is 5.09. The summed E-state index contributed by atoms with van der Waals surface area (Å²) in [7, 11) is 0. The standard InChI is InChI=1S/C14H22FNO/c1-14(2,3)13(8-9-17)16-10-11-4-6-12(15)7-5-11/h4-7,13,16-17H,8-10H2,1-3H3. The average molecular weight is 239 g/mol. The fourth-order valence-electron chi connectivity index (χ4n) is 1.81. The Morgan fingerprint density at radius 3 is 2.29 bits per heavy atom. The van der Waals surface area contributed by atoms with E-state index in [0.29, 0.717) is 6.54 Å². The normalized spacial score (nSPS) is 13.7. The first-order valence-electron chi connectivity index (χ1n) is 6.02. The van der Waals surface area contributed by atoms with Crippen LogP contribution >= 0.6 is 0 Å². The number of rotatable bonds is 5. The van der Waals surface area contributed by atoms with Crippen LogP contribution in [0.4, 0.5) is 4.39 Å². The summed E-state index contributed by atoms with van der Waals surface area (Å²) >= 11 is 0. The Bertz CT molecular complexity index is 329. The Hall–Kier alpha value is -0.930. The predicted octanol–water partition coefficient (Wildman–Crippen LogP) is 2.71. The molecule has 0 aromatic heterocycles. The van der Waals surface area contributed by atoms with E-state index in [9.17, 15) is 4.39 Å². The van der Waals surface area contributed by atoms with Gasteiger partial charge in [0.05, 0.1) is 0 Å². The van der Waals surface area contributed by atoms with Gasteiger partial charge in [0.15, 0.2) is 0 Å². The quantitative estimate of drug-likeness (QED) is 0.828. The molecule has 3 heteroatoms. The van der Waals surface area contributed by atoms with E-state index < -0.39 is 0 Å². The van der Waals surface area contributed by atoms with Gasteiger partial charge in [0.25, 0.3) is 0 Å². The summed E-state index contributed by atoms with van der Waals surface area (Å²) in [5.74, 6) is -0.212. The van der Waals surface area contributed by atoms with Gasteiger partial charge in [-0.05, 0) is 29.5 Å². The SMILES string of the molecule is CC(C)(C)C(CCO)NCc1ccc(F)cc1. The van der Waals surface area contributed by atoms with Gasteiger partial charge in [-0.3, -0.25) is 0 Å². The van der Waals surface area contributed by atoms with Crippen molar-refractivity contribution in [3.05, 3.63) is 35.6 Å². The molecule has 1 atom stereocenters. The van der Waals surface area contributed by atoms with E-state index in [1.807, 2.05) is 0 Å². The molecule has 0 aliphatic heterocycles. The minimum absolute atomic E-state index is 0.1000. The summed E-state index contributed by atoms with van der Waals surface area (Å²) in [6.45, 7) is 7.31. The molecule has 0 spiro atoms. The van der Waals surface area contributed by atoms with Crippen LogP contribution in [0, 0.1) is 11.2 Å². The molecule has 0 aliphatic rings. The first-order valence-corrected chi connectivity index (χ1v) is 6.02. The topological polar surface area (TPSA) is 32.3 Å². The molecule has 0 heterocycles. The lowest BCUT2D eigenvalue weighted by Gasteiger charge is -2.31. The Labute approximate surface area is 103 Å². The van der Waals surface area contributed by atoms with E-state index in [2.05, 4.69) is 26.1 Å². The molecule has 0 fully saturated rings. The third-order valence-electron chi connectivity index (χ3n) is 2.93. The number of hydrogen-bond acceptors (Lipinski definition) is 2. The number of nitrogens with one attached hydrogen (secondary N) is 1. The second-order valence-electron chi connectivity index (χ2n) is 5.44. The van der Waals surface area contributed by atoms with E-state index in [1.54, 1.807) is 12.1 Å². The van der Waals surface area contributed by atoms with Crippen LogP contribution in [0.5, 0.6) is 0 Å². The summed E-state index contributed by atoms with van der Waals surface area (Å²) in [5, 5.41) is 12.5. The van der Waals surface area contributed by atoms with E-state index in [4.69, 9.17) is 5.11 Å². The number of aliphatic hydroxyl groups excluding tert-OH is 1. The van der Waals surface area contributed by atoms with E-state index >= 15 is 0 Å². The maximum Gasteiger partial charge on any atom is 0.123 e. The average Bonchev–Trinajstić information content (AvgIpc) is 2.25. The van der Waals surface area contributed by atoms with Crippen LogP contribution in [-0.4, -0.2) is 17.8 Å². The van der Waals surface area contributed by atoms with Crippen molar-refractivity contribution < 1.29 is 9.50 Å². The van der Waals surface area contributed by atoms with Crippen molar-refractivity contribution in [3.8, 4) is 0 Å². The zero-order valence-electron chi connectivity index (χ0n) is 10.8. The van der Waals surface area contributed by atoms with Gasteiger partial charge in [0.2, 0.25) is 0 Å². The molecule has 0 radical (unpaired) electrons. The van der Waals surface area contributed by atoms with Crippen LogP contribution in [0.1, 0.15) is 32.8 Å². The summed E-state index contributed by atoms with van der Waals surface area (Å²) in [6.07, 6.45) is 0.727. The largest absolute Gasteiger partial charge is 0.396 e. The second kappa shape index (κ2) is 6.12. The molecule has 2 N–H and O–H groups in total. The monoisotopic (exact) mass is 239 g/mol.